The fourth-order valence-electron chi connectivity index (χ4n) is 1.88. The fourth-order valence-corrected chi connectivity index (χ4v) is 1.88. The molecule has 0 unspecified atom stereocenters. The highest BCUT2D eigenvalue weighted by Crippen LogP contribution is 2.10. The Morgan fingerprint density at radius 2 is 2.00 bits per heavy atom. The van der Waals surface area contributed by atoms with Crippen LogP contribution in [0.1, 0.15) is 25.0 Å². The Morgan fingerprint density at radius 1 is 1.35 bits per heavy atom. The molecule has 17 heavy (non-hydrogen) atoms. The highest BCUT2D eigenvalue weighted by atomic mass is 16.2. The second kappa shape index (κ2) is 6.40. The van der Waals surface area contributed by atoms with Gasteiger partial charge in [-0.2, -0.15) is 0 Å². The van der Waals surface area contributed by atoms with Crippen molar-refractivity contribution in [3.8, 4) is 0 Å². The average molecular weight is 234 g/mol. The minimum Gasteiger partial charge on any atom is -0.339 e. The lowest BCUT2D eigenvalue weighted by Crippen LogP contribution is -2.41. The van der Waals surface area contributed by atoms with Crippen LogP contribution in [-0.2, 0) is 11.2 Å². The number of rotatable bonds is 5. The van der Waals surface area contributed by atoms with E-state index in [0.29, 0.717) is 19.5 Å². The summed E-state index contributed by atoms with van der Waals surface area (Å²) in [4.78, 5) is 14.0. The van der Waals surface area contributed by atoms with Crippen LogP contribution in [0.4, 0.5) is 0 Å². The van der Waals surface area contributed by atoms with Gasteiger partial charge in [0.15, 0.2) is 0 Å². The van der Waals surface area contributed by atoms with Gasteiger partial charge in [0.25, 0.3) is 0 Å². The molecule has 0 saturated carbocycles. The van der Waals surface area contributed by atoms with Gasteiger partial charge in [0.1, 0.15) is 0 Å². The van der Waals surface area contributed by atoms with E-state index in [0.717, 1.165) is 11.1 Å². The van der Waals surface area contributed by atoms with Crippen molar-refractivity contribution >= 4 is 5.91 Å². The van der Waals surface area contributed by atoms with Gasteiger partial charge >= 0.3 is 0 Å². The molecule has 3 nitrogen and oxygen atoms in total. The lowest BCUT2D eigenvalue weighted by atomic mass is 10.0. The monoisotopic (exact) mass is 234 g/mol. The van der Waals surface area contributed by atoms with E-state index in [4.69, 9.17) is 5.73 Å². The quantitative estimate of drug-likeness (QED) is 0.843. The summed E-state index contributed by atoms with van der Waals surface area (Å²) in [5, 5.41) is 0. The second-order valence-corrected chi connectivity index (χ2v) is 4.57. The van der Waals surface area contributed by atoms with Gasteiger partial charge in [-0.25, -0.2) is 0 Å². The number of hydrogen-bond acceptors (Lipinski definition) is 2. The van der Waals surface area contributed by atoms with Crippen molar-refractivity contribution in [2.24, 2.45) is 5.73 Å². The van der Waals surface area contributed by atoms with Crippen LogP contribution in [0.25, 0.3) is 0 Å². The minimum atomic E-state index is 0.153. The van der Waals surface area contributed by atoms with Crippen molar-refractivity contribution < 1.29 is 4.79 Å². The Bertz CT molecular complexity index is 374. The van der Waals surface area contributed by atoms with Crippen LogP contribution in [0.15, 0.2) is 24.3 Å². The molecule has 3 heteroatoms. The molecule has 94 valence electrons. The van der Waals surface area contributed by atoms with Crippen LogP contribution < -0.4 is 5.73 Å². The molecule has 0 bridgehead atoms. The molecular weight excluding hydrogens is 212 g/mol. The number of carbonyl (C=O) groups is 1. The smallest absolute Gasteiger partial charge is 0.227 e. The number of carbonyl (C=O) groups excluding carboxylic acids is 1. The highest BCUT2D eigenvalue weighted by Gasteiger charge is 2.16. The Morgan fingerprint density at radius 3 is 2.53 bits per heavy atom. The summed E-state index contributed by atoms with van der Waals surface area (Å²) < 4.78 is 0. The first-order valence-electron chi connectivity index (χ1n) is 6.10. The van der Waals surface area contributed by atoms with Crippen LogP contribution in [0.2, 0.25) is 0 Å². The van der Waals surface area contributed by atoms with Crippen molar-refractivity contribution in [1.82, 2.24) is 4.90 Å². The zero-order valence-electron chi connectivity index (χ0n) is 10.9. The lowest BCUT2D eigenvalue weighted by molar-refractivity contribution is -0.132. The zero-order chi connectivity index (χ0) is 12.8. The summed E-state index contributed by atoms with van der Waals surface area (Å²) >= 11 is 0. The summed E-state index contributed by atoms with van der Waals surface area (Å²) in [6, 6.07) is 8.20. The zero-order valence-corrected chi connectivity index (χ0v) is 10.9. The standard InChI is InChI=1S/C14H22N2O/c1-11(2)16(9-8-15)14(17)10-13-7-5-4-6-12(13)3/h4-7,11H,8-10,15H2,1-3H3. The molecule has 0 aliphatic carbocycles. The molecule has 0 radical (unpaired) electrons. The first kappa shape index (κ1) is 13.7. The average Bonchev–Trinajstić information content (AvgIpc) is 2.28. The van der Waals surface area contributed by atoms with Crippen LogP contribution in [0.3, 0.4) is 0 Å². The van der Waals surface area contributed by atoms with E-state index in [2.05, 4.69) is 0 Å². The molecule has 1 rings (SSSR count). The molecule has 0 fully saturated rings. The predicted octanol–water partition coefficient (Wildman–Crippen LogP) is 1.73. The maximum Gasteiger partial charge on any atom is 0.227 e. The molecule has 0 atom stereocenters. The van der Waals surface area contributed by atoms with E-state index in [9.17, 15) is 4.79 Å². The van der Waals surface area contributed by atoms with E-state index in [1.807, 2.05) is 49.9 Å². The SMILES string of the molecule is Cc1ccccc1CC(=O)N(CCN)C(C)C. The van der Waals surface area contributed by atoms with Crippen molar-refractivity contribution in [2.75, 3.05) is 13.1 Å². The van der Waals surface area contributed by atoms with Crippen molar-refractivity contribution in [3.05, 3.63) is 35.4 Å². The third kappa shape index (κ3) is 3.86. The van der Waals surface area contributed by atoms with E-state index in [1.165, 1.54) is 0 Å². The fraction of sp³-hybridized carbons (Fsp3) is 0.500. The molecule has 0 aliphatic heterocycles. The van der Waals surface area contributed by atoms with Crippen molar-refractivity contribution in [1.29, 1.82) is 0 Å². The Hall–Kier alpha value is -1.35. The number of nitrogens with two attached hydrogens (primary N) is 1. The number of benzene rings is 1. The highest BCUT2D eigenvalue weighted by molar-refractivity contribution is 5.79. The normalized spacial score (nSPS) is 10.6. The maximum atomic E-state index is 12.2. The predicted molar refractivity (Wildman–Crippen MR) is 70.8 cm³/mol. The van der Waals surface area contributed by atoms with Gasteiger partial charge in [-0.05, 0) is 31.9 Å². The Balaban J connectivity index is 2.73. The molecule has 0 aromatic heterocycles. The summed E-state index contributed by atoms with van der Waals surface area (Å²) in [6.45, 7) is 7.21. The first-order valence-corrected chi connectivity index (χ1v) is 6.10. The summed E-state index contributed by atoms with van der Waals surface area (Å²) in [5.41, 5.74) is 7.80. The van der Waals surface area contributed by atoms with Gasteiger partial charge in [0.2, 0.25) is 5.91 Å². The molecule has 0 heterocycles. The Kier molecular flexibility index (Phi) is 5.16. The summed E-state index contributed by atoms with van der Waals surface area (Å²) in [6.07, 6.45) is 0.463. The van der Waals surface area contributed by atoms with Crippen LogP contribution in [0.5, 0.6) is 0 Å². The van der Waals surface area contributed by atoms with Crippen LogP contribution in [-0.4, -0.2) is 29.9 Å². The van der Waals surface area contributed by atoms with Gasteiger partial charge in [0, 0.05) is 19.1 Å². The first-order chi connectivity index (χ1) is 8.06. The third-order valence-corrected chi connectivity index (χ3v) is 2.92. The molecule has 1 aromatic carbocycles. The molecule has 0 aliphatic rings. The van der Waals surface area contributed by atoms with Crippen LogP contribution >= 0.6 is 0 Å². The van der Waals surface area contributed by atoms with Gasteiger partial charge in [-0.3, -0.25) is 4.79 Å². The van der Waals surface area contributed by atoms with Gasteiger partial charge < -0.3 is 10.6 Å². The lowest BCUT2D eigenvalue weighted by Gasteiger charge is -2.26. The van der Waals surface area contributed by atoms with Gasteiger partial charge in [-0.1, -0.05) is 24.3 Å². The van der Waals surface area contributed by atoms with E-state index >= 15 is 0 Å². The number of nitrogens with zero attached hydrogens (tertiary/aromatic N) is 1. The molecule has 0 spiro atoms. The molecular formula is C14H22N2O. The van der Waals surface area contributed by atoms with Gasteiger partial charge in [0.05, 0.1) is 6.42 Å². The van der Waals surface area contributed by atoms with Gasteiger partial charge in [-0.15, -0.1) is 0 Å². The van der Waals surface area contributed by atoms with Crippen molar-refractivity contribution in [2.45, 2.75) is 33.2 Å². The number of amides is 1. The second-order valence-electron chi connectivity index (χ2n) is 4.57. The van der Waals surface area contributed by atoms with Crippen LogP contribution in [0, 0.1) is 6.92 Å². The number of hydrogen-bond donors (Lipinski definition) is 1. The third-order valence-electron chi connectivity index (χ3n) is 2.92. The molecule has 1 aromatic rings. The largest absolute Gasteiger partial charge is 0.339 e. The Labute approximate surface area is 104 Å². The van der Waals surface area contributed by atoms with Crippen molar-refractivity contribution in [3.63, 3.8) is 0 Å². The maximum absolute atomic E-state index is 12.2. The minimum absolute atomic E-state index is 0.153. The molecule has 1 amide bonds. The van der Waals surface area contributed by atoms with E-state index < -0.39 is 0 Å². The molecule has 0 saturated heterocycles. The van der Waals surface area contributed by atoms with E-state index in [1.54, 1.807) is 0 Å². The summed E-state index contributed by atoms with van der Waals surface area (Å²) in [5.74, 6) is 0.153. The topological polar surface area (TPSA) is 46.3 Å². The number of aryl methyl sites for hydroxylation is 1. The molecule has 2 N–H and O–H groups in total. The van der Waals surface area contributed by atoms with E-state index in [-0.39, 0.29) is 11.9 Å². The summed E-state index contributed by atoms with van der Waals surface area (Å²) in [7, 11) is 0.